The Morgan fingerprint density at radius 1 is 1.09 bits per heavy atom. The van der Waals surface area contributed by atoms with Gasteiger partial charge in [-0.1, -0.05) is 36.8 Å². The van der Waals surface area contributed by atoms with Crippen LogP contribution in [0.4, 0.5) is 5.69 Å². The summed E-state index contributed by atoms with van der Waals surface area (Å²) in [5.41, 5.74) is 5.31. The van der Waals surface area contributed by atoms with Gasteiger partial charge in [-0.15, -0.1) is 0 Å². The highest BCUT2D eigenvalue weighted by molar-refractivity contribution is 5.92. The molecule has 0 aliphatic heterocycles. The average Bonchev–Trinajstić information content (AvgIpc) is 2.46. The van der Waals surface area contributed by atoms with Crippen LogP contribution < -0.4 is 10.1 Å². The van der Waals surface area contributed by atoms with Gasteiger partial charge in [-0.3, -0.25) is 4.79 Å². The molecule has 0 saturated carbocycles. The van der Waals surface area contributed by atoms with Gasteiger partial charge in [0.15, 0.2) is 6.61 Å². The van der Waals surface area contributed by atoms with E-state index in [1.54, 1.807) is 0 Å². The van der Waals surface area contributed by atoms with E-state index in [1.807, 2.05) is 38.1 Å². The maximum absolute atomic E-state index is 12.0. The molecule has 2 aromatic carbocycles. The molecule has 0 spiro atoms. The number of hydrogen-bond donors (Lipinski definition) is 1. The Bertz CT molecular complexity index is 654. The number of ether oxygens (including phenoxy) is 1. The molecule has 0 unspecified atom stereocenters. The molecule has 0 fully saturated rings. The van der Waals surface area contributed by atoms with Crippen LogP contribution in [0.1, 0.15) is 29.2 Å². The van der Waals surface area contributed by atoms with Gasteiger partial charge >= 0.3 is 0 Å². The third kappa shape index (κ3) is 4.10. The lowest BCUT2D eigenvalue weighted by molar-refractivity contribution is -0.118. The molecule has 0 atom stereocenters. The summed E-state index contributed by atoms with van der Waals surface area (Å²) >= 11 is 0. The van der Waals surface area contributed by atoms with E-state index in [0.717, 1.165) is 29.0 Å². The van der Waals surface area contributed by atoms with E-state index in [2.05, 4.69) is 31.3 Å². The number of nitrogens with one attached hydrogen (secondary N) is 1. The number of carbonyl (C=O) groups is 1. The molecule has 0 aliphatic carbocycles. The topological polar surface area (TPSA) is 38.3 Å². The first-order chi connectivity index (χ1) is 10.5. The van der Waals surface area contributed by atoms with Gasteiger partial charge in [0.25, 0.3) is 5.91 Å². The van der Waals surface area contributed by atoms with E-state index in [1.165, 1.54) is 11.1 Å². The highest BCUT2D eigenvalue weighted by Crippen LogP contribution is 2.24. The van der Waals surface area contributed by atoms with Crippen molar-refractivity contribution in [2.75, 3.05) is 11.9 Å². The molecule has 1 amide bonds. The van der Waals surface area contributed by atoms with Crippen LogP contribution in [0.2, 0.25) is 0 Å². The third-order valence-corrected chi connectivity index (χ3v) is 3.57. The van der Waals surface area contributed by atoms with Gasteiger partial charge in [0.2, 0.25) is 0 Å². The second-order valence-electron chi connectivity index (χ2n) is 5.62. The monoisotopic (exact) mass is 297 g/mol. The van der Waals surface area contributed by atoms with Crippen molar-refractivity contribution in [3.8, 4) is 5.75 Å². The van der Waals surface area contributed by atoms with Crippen LogP contribution in [0.5, 0.6) is 5.75 Å². The van der Waals surface area contributed by atoms with E-state index in [9.17, 15) is 4.79 Å². The smallest absolute Gasteiger partial charge is 0.262 e. The van der Waals surface area contributed by atoms with E-state index < -0.39 is 0 Å². The molecule has 2 aromatic rings. The lowest BCUT2D eigenvalue weighted by atomic mass is 10.1. The SMILES string of the molecule is CCc1cccc(NC(=O)COc2c(C)cc(C)cc2C)c1. The summed E-state index contributed by atoms with van der Waals surface area (Å²) in [6, 6.07) is 12.0. The highest BCUT2D eigenvalue weighted by Gasteiger charge is 2.08. The molecule has 0 saturated heterocycles. The van der Waals surface area contributed by atoms with Crippen LogP contribution in [0, 0.1) is 20.8 Å². The summed E-state index contributed by atoms with van der Waals surface area (Å²) in [4.78, 5) is 12.0. The largest absolute Gasteiger partial charge is 0.483 e. The third-order valence-electron chi connectivity index (χ3n) is 3.57. The molecular weight excluding hydrogens is 274 g/mol. The molecule has 0 radical (unpaired) electrons. The van der Waals surface area contributed by atoms with Crippen molar-refractivity contribution in [3.05, 3.63) is 58.7 Å². The van der Waals surface area contributed by atoms with Gasteiger partial charge in [-0.25, -0.2) is 0 Å². The van der Waals surface area contributed by atoms with E-state index >= 15 is 0 Å². The van der Waals surface area contributed by atoms with Crippen LogP contribution in [0.25, 0.3) is 0 Å². The number of rotatable bonds is 5. The van der Waals surface area contributed by atoms with E-state index in [4.69, 9.17) is 4.74 Å². The van der Waals surface area contributed by atoms with E-state index in [0.29, 0.717) is 0 Å². The zero-order valence-electron chi connectivity index (χ0n) is 13.7. The van der Waals surface area contributed by atoms with Gasteiger partial charge in [-0.2, -0.15) is 0 Å². The predicted octanol–water partition coefficient (Wildman–Crippen LogP) is 4.19. The fraction of sp³-hybridized carbons (Fsp3) is 0.316. The second kappa shape index (κ2) is 7.12. The first-order valence-electron chi connectivity index (χ1n) is 7.59. The quantitative estimate of drug-likeness (QED) is 0.898. The van der Waals surface area contributed by atoms with Crippen molar-refractivity contribution in [2.24, 2.45) is 0 Å². The maximum atomic E-state index is 12.0. The minimum atomic E-state index is -0.146. The van der Waals surface area contributed by atoms with Gasteiger partial charge in [-0.05, 0) is 56.0 Å². The molecule has 2 rings (SSSR count). The standard InChI is InChI=1S/C19H23NO2/c1-5-16-7-6-8-17(11-16)20-18(21)12-22-19-14(3)9-13(2)10-15(19)4/h6-11H,5,12H2,1-4H3,(H,20,21). The number of aryl methyl sites for hydroxylation is 4. The fourth-order valence-electron chi connectivity index (χ4n) is 2.60. The summed E-state index contributed by atoms with van der Waals surface area (Å²) in [5.74, 6) is 0.649. The van der Waals surface area contributed by atoms with Crippen LogP contribution in [-0.4, -0.2) is 12.5 Å². The summed E-state index contributed by atoms with van der Waals surface area (Å²) in [7, 11) is 0. The molecule has 0 aromatic heterocycles. The molecule has 0 aliphatic rings. The lowest BCUT2D eigenvalue weighted by Crippen LogP contribution is -2.20. The van der Waals surface area contributed by atoms with Crippen molar-refractivity contribution in [3.63, 3.8) is 0 Å². The van der Waals surface area contributed by atoms with Gasteiger partial charge in [0.1, 0.15) is 5.75 Å². The summed E-state index contributed by atoms with van der Waals surface area (Å²) in [5, 5.41) is 2.87. The lowest BCUT2D eigenvalue weighted by Gasteiger charge is -2.13. The Labute approximate surface area is 132 Å². The minimum absolute atomic E-state index is 0.0150. The van der Waals surface area contributed by atoms with E-state index in [-0.39, 0.29) is 12.5 Å². The molecule has 0 bridgehead atoms. The Hall–Kier alpha value is -2.29. The average molecular weight is 297 g/mol. The minimum Gasteiger partial charge on any atom is -0.483 e. The predicted molar refractivity (Wildman–Crippen MR) is 90.6 cm³/mol. The van der Waals surface area contributed by atoms with Crippen LogP contribution in [0.15, 0.2) is 36.4 Å². The Morgan fingerprint density at radius 3 is 2.41 bits per heavy atom. The van der Waals surface area contributed by atoms with Crippen molar-refractivity contribution in [1.82, 2.24) is 0 Å². The Morgan fingerprint density at radius 2 is 1.77 bits per heavy atom. The molecule has 3 heteroatoms. The molecule has 0 heterocycles. The van der Waals surface area contributed by atoms with Crippen molar-refractivity contribution >= 4 is 11.6 Å². The highest BCUT2D eigenvalue weighted by atomic mass is 16.5. The normalized spacial score (nSPS) is 10.4. The van der Waals surface area contributed by atoms with Crippen molar-refractivity contribution in [1.29, 1.82) is 0 Å². The Balaban J connectivity index is 1.98. The van der Waals surface area contributed by atoms with Gasteiger partial charge in [0, 0.05) is 5.69 Å². The first-order valence-corrected chi connectivity index (χ1v) is 7.59. The first kappa shape index (κ1) is 16.1. The zero-order chi connectivity index (χ0) is 16.1. The van der Waals surface area contributed by atoms with Crippen molar-refractivity contribution < 1.29 is 9.53 Å². The number of anilines is 1. The number of amides is 1. The molecule has 116 valence electrons. The number of carbonyl (C=O) groups excluding carboxylic acids is 1. The fourth-order valence-corrected chi connectivity index (χ4v) is 2.60. The van der Waals surface area contributed by atoms with Crippen LogP contribution in [-0.2, 0) is 11.2 Å². The van der Waals surface area contributed by atoms with Crippen molar-refractivity contribution in [2.45, 2.75) is 34.1 Å². The Kier molecular flexibility index (Phi) is 5.21. The number of benzene rings is 2. The molecular formula is C19H23NO2. The molecule has 1 N–H and O–H groups in total. The summed E-state index contributed by atoms with van der Waals surface area (Å²) in [6.07, 6.45) is 0.946. The van der Waals surface area contributed by atoms with Crippen LogP contribution in [0.3, 0.4) is 0 Å². The molecule has 3 nitrogen and oxygen atoms in total. The van der Waals surface area contributed by atoms with Gasteiger partial charge < -0.3 is 10.1 Å². The second-order valence-corrected chi connectivity index (χ2v) is 5.62. The molecule has 22 heavy (non-hydrogen) atoms. The summed E-state index contributed by atoms with van der Waals surface area (Å²) < 4.78 is 5.70. The summed E-state index contributed by atoms with van der Waals surface area (Å²) in [6.45, 7) is 8.15. The maximum Gasteiger partial charge on any atom is 0.262 e. The zero-order valence-corrected chi connectivity index (χ0v) is 13.7. The van der Waals surface area contributed by atoms with Gasteiger partial charge in [0.05, 0.1) is 0 Å². The van der Waals surface area contributed by atoms with Crippen LogP contribution >= 0.6 is 0 Å². The number of hydrogen-bond acceptors (Lipinski definition) is 2.